The fourth-order valence-corrected chi connectivity index (χ4v) is 5.67. The molecule has 3 aromatic carbocycles. The maximum Gasteiger partial charge on any atom is 0.162 e. The summed E-state index contributed by atoms with van der Waals surface area (Å²) >= 11 is 0. The summed E-state index contributed by atoms with van der Waals surface area (Å²) in [6, 6.07) is 21.7. The summed E-state index contributed by atoms with van der Waals surface area (Å²) in [6.07, 6.45) is 1.74. The highest BCUT2D eigenvalue weighted by atomic mass is 19.1. The zero-order chi connectivity index (χ0) is 27.2. The van der Waals surface area contributed by atoms with Crippen LogP contribution in [0.4, 0.5) is 10.1 Å². The van der Waals surface area contributed by atoms with Gasteiger partial charge in [0, 0.05) is 46.0 Å². The van der Waals surface area contributed by atoms with Crippen LogP contribution in [0, 0.1) is 23.6 Å². The van der Waals surface area contributed by atoms with Crippen molar-refractivity contribution in [2.45, 2.75) is 52.9 Å². The molecule has 1 aliphatic heterocycles. The molecule has 4 nitrogen and oxygen atoms in total. The lowest BCUT2D eigenvalue weighted by Crippen LogP contribution is -2.45. The fourth-order valence-electron chi connectivity index (χ4n) is 5.67. The fraction of sp³-hybridized carbons (Fsp3) is 0.273. The first-order valence-corrected chi connectivity index (χ1v) is 13.1. The summed E-state index contributed by atoms with van der Waals surface area (Å²) in [6.45, 7) is 8.13. The van der Waals surface area contributed by atoms with E-state index < -0.39 is 11.7 Å². The summed E-state index contributed by atoms with van der Waals surface area (Å²) in [5.41, 5.74) is 4.80. The number of aliphatic hydroxyl groups is 1. The first kappa shape index (κ1) is 25.7. The van der Waals surface area contributed by atoms with Crippen LogP contribution in [0.25, 0.3) is 5.76 Å². The van der Waals surface area contributed by atoms with Crippen molar-refractivity contribution in [3.05, 3.63) is 118 Å². The molecular formula is C33H33FN2O2. The molecule has 1 aliphatic carbocycles. The van der Waals surface area contributed by atoms with Gasteiger partial charge in [0.25, 0.3) is 0 Å². The van der Waals surface area contributed by atoms with Gasteiger partial charge in [-0.3, -0.25) is 15.1 Å². The molecule has 0 amide bonds. The largest absolute Gasteiger partial charge is 0.507 e. The standard InChI is InChI=1S/C33H33FN2O2/c1-5-21-12-16-23(17-13-21)36-26-18-33(3,4)19-27(37)29(26)28(24-8-6-7-9-25(24)34)30(32(36)35)31(38)22-14-10-20(2)11-15-22/h6-17,28,35,38H,5,18-19H2,1-4H3/b31-30+,35-32?. The lowest BCUT2D eigenvalue weighted by Gasteiger charge is -2.45. The Morgan fingerprint density at radius 3 is 2.32 bits per heavy atom. The number of Topliss-reactive ketones (excluding diaryl/α,β-unsaturated/α-hetero) is 1. The van der Waals surface area contributed by atoms with Gasteiger partial charge < -0.3 is 5.11 Å². The van der Waals surface area contributed by atoms with Crippen LogP contribution in [-0.2, 0) is 11.2 Å². The Balaban J connectivity index is 1.85. The molecule has 0 aromatic heterocycles. The molecule has 2 N–H and O–H groups in total. The molecule has 1 heterocycles. The molecule has 5 heteroatoms. The van der Waals surface area contributed by atoms with E-state index in [1.54, 1.807) is 35.2 Å². The summed E-state index contributed by atoms with van der Waals surface area (Å²) in [4.78, 5) is 15.7. The van der Waals surface area contributed by atoms with E-state index in [2.05, 4.69) is 6.92 Å². The number of halogens is 1. The second kappa shape index (κ2) is 9.71. The Kier molecular flexibility index (Phi) is 6.56. The number of hydrogen-bond donors (Lipinski definition) is 2. The van der Waals surface area contributed by atoms with E-state index in [0.717, 1.165) is 23.2 Å². The van der Waals surface area contributed by atoms with Crippen LogP contribution in [-0.4, -0.2) is 16.7 Å². The number of carbonyl (C=O) groups excluding carboxylic acids is 1. The number of carbonyl (C=O) groups is 1. The number of amidine groups is 1. The number of nitrogens with zero attached hydrogens (tertiary/aromatic N) is 1. The Morgan fingerprint density at radius 2 is 1.68 bits per heavy atom. The number of hydrogen-bond acceptors (Lipinski definition) is 3. The summed E-state index contributed by atoms with van der Waals surface area (Å²) in [5, 5.41) is 21.2. The molecular weight excluding hydrogens is 475 g/mol. The molecule has 0 saturated carbocycles. The first-order valence-electron chi connectivity index (χ1n) is 13.1. The molecule has 38 heavy (non-hydrogen) atoms. The van der Waals surface area contributed by atoms with Crippen molar-refractivity contribution >= 4 is 23.1 Å². The van der Waals surface area contributed by atoms with E-state index in [0.29, 0.717) is 29.7 Å². The predicted octanol–water partition coefficient (Wildman–Crippen LogP) is 7.89. The highest BCUT2D eigenvalue weighted by Gasteiger charge is 2.47. The maximum absolute atomic E-state index is 15.4. The smallest absolute Gasteiger partial charge is 0.162 e. The minimum absolute atomic E-state index is 0.0461. The van der Waals surface area contributed by atoms with Gasteiger partial charge in [-0.25, -0.2) is 4.39 Å². The van der Waals surface area contributed by atoms with Crippen LogP contribution in [0.3, 0.4) is 0 Å². The van der Waals surface area contributed by atoms with Crippen molar-refractivity contribution in [3.63, 3.8) is 0 Å². The predicted molar refractivity (Wildman–Crippen MR) is 151 cm³/mol. The lowest BCUT2D eigenvalue weighted by molar-refractivity contribution is -0.118. The van der Waals surface area contributed by atoms with Crippen molar-refractivity contribution in [1.29, 1.82) is 5.41 Å². The van der Waals surface area contributed by atoms with Gasteiger partial charge in [0.2, 0.25) is 0 Å². The van der Waals surface area contributed by atoms with Crippen LogP contribution < -0.4 is 4.90 Å². The number of nitrogens with one attached hydrogen (secondary N) is 1. The molecule has 3 aromatic rings. The quantitative estimate of drug-likeness (QED) is 0.352. The number of aryl methyl sites for hydroxylation is 2. The van der Waals surface area contributed by atoms with Crippen LogP contribution in [0.2, 0.25) is 0 Å². The molecule has 194 valence electrons. The summed E-state index contributed by atoms with van der Waals surface area (Å²) in [7, 11) is 0. The molecule has 5 rings (SSSR count). The Morgan fingerprint density at radius 1 is 1.03 bits per heavy atom. The summed E-state index contributed by atoms with van der Waals surface area (Å²) in [5.74, 6) is -1.52. The van der Waals surface area contributed by atoms with E-state index in [4.69, 9.17) is 0 Å². The molecule has 0 radical (unpaired) electrons. The minimum atomic E-state index is -0.894. The molecule has 0 fully saturated rings. The molecule has 1 atom stereocenters. The maximum atomic E-state index is 15.4. The average Bonchev–Trinajstić information content (AvgIpc) is 2.88. The van der Waals surface area contributed by atoms with Crippen molar-refractivity contribution < 1.29 is 14.3 Å². The van der Waals surface area contributed by atoms with Gasteiger partial charge in [-0.1, -0.05) is 80.9 Å². The number of benzene rings is 3. The Bertz CT molecular complexity index is 1480. The van der Waals surface area contributed by atoms with Crippen LogP contribution in [0.5, 0.6) is 0 Å². The highest BCUT2D eigenvalue weighted by Crippen LogP contribution is 2.51. The van der Waals surface area contributed by atoms with Crippen molar-refractivity contribution in [2.75, 3.05) is 4.90 Å². The normalized spacial score (nSPS) is 20.4. The number of aliphatic hydroxyl groups excluding tert-OH is 1. The molecule has 0 spiro atoms. The zero-order valence-electron chi connectivity index (χ0n) is 22.3. The minimum Gasteiger partial charge on any atom is -0.507 e. The van der Waals surface area contributed by atoms with Gasteiger partial charge >= 0.3 is 0 Å². The van der Waals surface area contributed by atoms with E-state index in [9.17, 15) is 15.3 Å². The van der Waals surface area contributed by atoms with E-state index in [1.165, 1.54) is 6.07 Å². The zero-order valence-corrected chi connectivity index (χ0v) is 22.3. The topological polar surface area (TPSA) is 64.4 Å². The molecule has 0 bridgehead atoms. The number of ketones is 1. The second-order valence-electron chi connectivity index (χ2n) is 11.1. The van der Waals surface area contributed by atoms with E-state index in [1.807, 2.05) is 57.2 Å². The van der Waals surface area contributed by atoms with Crippen LogP contribution in [0.15, 0.2) is 89.6 Å². The van der Waals surface area contributed by atoms with Gasteiger partial charge in [-0.05, 0) is 48.9 Å². The van der Waals surface area contributed by atoms with Gasteiger partial charge in [-0.2, -0.15) is 0 Å². The Labute approximate surface area is 223 Å². The van der Waals surface area contributed by atoms with Gasteiger partial charge in [0.1, 0.15) is 17.4 Å². The van der Waals surface area contributed by atoms with E-state index in [-0.39, 0.29) is 33.9 Å². The summed E-state index contributed by atoms with van der Waals surface area (Å²) < 4.78 is 15.4. The third-order valence-electron chi connectivity index (χ3n) is 7.62. The second-order valence-corrected chi connectivity index (χ2v) is 11.1. The van der Waals surface area contributed by atoms with Crippen molar-refractivity contribution in [3.8, 4) is 0 Å². The van der Waals surface area contributed by atoms with E-state index >= 15 is 4.39 Å². The molecule has 1 unspecified atom stereocenters. The number of rotatable bonds is 4. The Hall–Kier alpha value is -3.99. The number of anilines is 1. The monoisotopic (exact) mass is 508 g/mol. The average molecular weight is 509 g/mol. The molecule has 0 saturated heterocycles. The van der Waals surface area contributed by atoms with Gasteiger partial charge in [0.15, 0.2) is 5.78 Å². The third-order valence-corrected chi connectivity index (χ3v) is 7.62. The third kappa shape index (κ3) is 4.47. The van der Waals surface area contributed by atoms with Gasteiger partial charge in [-0.15, -0.1) is 0 Å². The van der Waals surface area contributed by atoms with Gasteiger partial charge in [0.05, 0.1) is 0 Å². The lowest BCUT2D eigenvalue weighted by atomic mass is 9.67. The number of allylic oxidation sites excluding steroid dienone is 2. The van der Waals surface area contributed by atoms with Crippen molar-refractivity contribution in [1.82, 2.24) is 0 Å². The highest BCUT2D eigenvalue weighted by molar-refractivity contribution is 6.19. The van der Waals surface area contributed by atoms with Crippen molar-refractivity contribution in [2.24, 2.45) is 5.41 Å². The first-order chi connectivity index (χ1) is 18.1. The van der Waals surface area contributed by atoms with Crippen LogP contribution >= 0.6 is 0 Å². The SMILES string of the molecule is CCc1ccc(N2C(=N)/C(=C(/O)c3ccc(C)cc3)C(c3ccccc3F)C3=C2CC(C)(C)CC3=O)cc1. The van der Waals surface area contributed by atoms with Crippen LogP contribution in [0.1, 0.15) is 61.8 Å². The molecule has 2 aliphatic rings.